The van der Waals surface area contributed by atoms with E-state index in [9.17, 15) is 43.2 Å². The molecule has 0 atom stereocenters. The second kappa shape index (κ2) is 16.4. The van der Waals surface area contributed by atoms with E-state index in [1.54, 1.807) is 79.7 Å². The molecule has 0 spiro atoms. The highest BCUT2D eigenvalue weighted by Crippen LogP contribution is 2.37. The van der Waals surface area contributed by atoms with Gasteiger partial charge < -0.3 is 8.83 Å². The number of aromatic nitrogens is 4. The van der Waals surface area contributed by atoms with Gasteiger partial charge in [-0.3, -0.25) is 0 Å². The number of nitrogens with zero attached hydrogens (tertiary/aromatic N) is 4. The summed E-state index contributed by atoms with van der Waals surface area (Å²) in [4.78, 5) is -0.480. The third kappa shape index (κ3) is 9.38. The summed E-state index contributed by atoms with van der Waals surface area (Å²) in [6.45, 7) is 1.57. The van der Waals surface area contributed by atoms with E-state index in [1.165, 1.54) is 42.9 Å². The lowest BCUT2D eigenvalue weighted by Gasteiger charge is -2.12. The van der Waals surface area contributed by atoms with Gasteiger partial charge in [-0.05, 0) is 85.3 Å². The van der Waals surface area contributed by atoms with Crippen molar-refractivity contribution in [1.82, 2.24) is 19.6 Å². The Morgan fingerprint density at radius 2 is 1.05 bits per heavy atom. The monoisotopic (exact) mass is 914 g/mol. The van der Waals surface area contributed by atoms with Gasteiger partial charge in [0, 0.05) is 22.3 Å². The third-order valence-corrected chi connectivity index (χ3v) is 11.5. The fraction of sp³-hybridized carbons (Fsp3) is 0.0732. The van der Waals surface area contributed by atoms with Crippen LogP contribution in [0.5, 0.6) is 0 Å². The Hall–Kier alpha value is -6.45. The number of aryl methyl sites for hydroxylation is 1. The maximum atomic E-state index is 13.4. The number of sulfonamides is 2. The molecule has 0 bridgehead atoms. The average Bonchev–Trinajstić information content (AvgIpc) is 4.04. The first-order valence-electron chi connectivity index (χ1n) is 17.7. The van der Waals surface area contributed by atoms with E-state index in [-0.39, 0.29) is 31.9 Å². The summed E-state index contributed by atoms with van der Waals surface area (Å²) in [6, 6.07) is 29.8. The highest BCUT2D eigenvalue weighted by molar-refractivity contribution is 7.89. The third-order valence-electron chi connectivity index (χ3n) is 9.16. The van der Waals surface area contributed by atoms with Crippen LogP contribution in [0.3, 0.4) is 0 Å². The maximum Gasteiger partial charge on any atom is 0.435 e. The summed E-state index contributed by atoms with van der Waals surface area (Å²) < 4.78 is 139. The summed E-state index contributed by atoms with van der Waals surface area (Å²) in [5.41, 5.74) is 1.46. The van der Waals surface area contributed by atoms with Gasteiger partial charge in [-0.2, -0.15) is 36.5 Å². The smallest absolute Gasteiger partial charge is 0.435 e. The standard InChI is InChI=1S/C21H16F3N3O3S.C20H13ClF3N3O3S/c1-13-11-16(31(25,28)29)8-9-17(13)27-18(12-20(26-27)21(22,23)24)14-4-6-15(7-5-14)19-3-2-10-30-19;21-15-10-14(7-8-18(15)31(25,28)29)27-16(11-19(26-27)20(22,23)24)12-3-5-13(6-4-12)17-2-1-9-30-17/h2-12H,1H3,(H2,25,28,29);1-11H,(H2,25,28,29). The molecule has 4 heterocycles. The number of rotatable bonds is 8. The summed E-state index contributed by atoms with van der Waals surface area (Å²) >= 11 is 6.00. The van der Waals surface area contributed by atoms with Crippen molar-refractivity contribution in [3.63, 3.8) is 0 Å². The van der Waals surface area contributed by atoms with E-state index < -0.39 is 43.8 Å². The molecular weight excluding hydrogens is 886 g/mol. The minimum absolute atomic E-state index is 0.137. The fourth-order valence-corrected chi connectivity index (χ4v) is 7.91. The molecule has 8 aromatic rings. The summed E-state index contributed by atoms with van der Waals surface area (Å²) in [5.74, 6) is 1.24. The van der Waals surface area contributed by atoms with Crippen LogP contribution in [0.25, 0.3) is 56.5 Å². The number of halogens is 7. The van der Waals surface area contributed by atoms with Crippen LogP contribution in [0.1, 0.15) is 17.0 Å². The summed E-state index contributed by atoms with van der Waals surface area (Å²) in [6.07, 6.45) is -6.29. The first kappa shape index (κ1) is 43.6. The Balaban J connectivity index is 0.000000186. The lowest BCUT2D eigenvalue weighted by Crippen LogP contribution is -2.13. The van der Waals surface area contributed by atoms with Gasteiger partial charge in [-0.15, -0.1) is 0 Å². The molecule has 320 valence electrons. The molecule has 4 aromatic carbocycles. The van der Waals surface area contributed by atoms with Crippen LogP contribution in [0.2, 0.25) is 5.02 Å². The van der Waals surface area contributed by atoms with Crippen molar-refractivity contribution >= 4 is 31.6 Å². The Morgan fingerprint density at radius 1 is 0.581 bits per heavy atom. The van der Waals surface area contributed by atoms with E-state index in [4.69, 9.17) is 30.7 Å². The first-order chi connectivity index (χ1) is 29.1. The van der Waals surface area contributed by atoms with E-state index in [0.29, 0.717) is 33.9 Å². The molecule has 12 nitrogen and oxygen atoms in total. The predicted molar refractivity (Wildman–Crippen MR) is 216 cm³/mol. The molecule has 0 fully saturated rings. The molecule has 0 saturated carbocycles. The van der Waals surface area contributed by atoms with Gasteiger partial charge in [-0.1, -0.05) is 60.1 Å². The molecule has 0 saturated heterocycles. The highest BCUT2D eigenvalue weighted by Gasteiger charge is 2.36. The second-order valence-corrected chi connectivity index (χ2v) is 16.9. The Bertz CT molecular complexity index is 3110. The largest absolute Gasteiger partial charge is 0.464 e. The second-order valence-electron chi connectivity index (χ2n) is 13.4. The predicted octanol–water partition coefficient (Wildman–Crippen LogP) is 9.89. The number of benzene rings is 4. The van der Waals surface area contributed by atoms with Crippen LogP contribution in [-0.4, -0.2) is 36.4 Å². The molecule has 8 rings (SSSR count). The zero-order chi connectivity index (χ0) is 44.8. The number of hydrogen-bond acceptors (Lipinski definition) is 8. The van der Waals surface area contributed by atoms with Crippen molar-refractivity contribution in [2.24, 2.45) is 10.3 Å². The van der Waals surface area contributed by atoms with Crippen LogP contribution in [0, 0.1) is 6.92 Å². The average molecular weight is 915 g/mol. The van der Waals surface area contributed by atoms with E-state index in [1.807, 2.05) is 0 Å². The Morgan fingerprint density at radius 3 is 1.45 bits per heavy atom. The van der Waals surface area contributed by atoms with E-state index in [2.05, 4.69) is 10.2 Å². The molecule has 0 radical (unpaired) electrons. The summed E-state index contributed by atoms with van der Waals surface area (Å²) in [7, 11) is -8.04. The van der Waals surface area contributed by atoms with Crippen LogP contribution in [0.4, 0.5) is 26.3 Å². The molecule has 4 aromatic heterocycles. The lowest BCUT2D eigenvalue weighted by molar-refractivity contribution is -0.142. The molecule has 0 aliphatic carbocycles. The SMILES string of the molecule is Cc1cc(S(N)(=O)=O)ccc1-n1nc(C(F)(F)F)cc1-c1ccc(-c2ccco2)cc1.NS(=O)(=O)c1ccc(-n2nc(C(F)(F)F)cc2-c2ccc(-c3ccco3)cc2)cc1Cl. The van der Waals surface area contributed by atoms with Gasteiger partial charge in [0.05, 0.1) is 45.2 Å². The summed E-state index contributed by atoms with van der Waals surface area (Å²) in [5, 5.41) is 17.4. The quantitative estimate of drug-likeness (QED) is 0.141. The topological polar surface area (TPSA) is 182 Å². The zero-order valence-corrected chi connectivity index (χ0v) is 33.9. The van der Waals surface area contributed by atoms with E-state index in [0.717, 1.165) is 38.7 Å². The van der Waals surface area contributed by atoms with Crippen LogP contribution >= 0.6 is 11.6 Å². The van der Waals surface area contributed by atoms with Gasteiger partial charge in [0.1, 0.15) is 16.4 Å². The van der Waals surface area contributed by atoms with Crippen LogP contribution in [0.15, 0.2) is 152 Å². The zero-order valence-electron chi connectivity index (χ0n) is 31.6. The fourth-order valence-electron chi connectivity index (χ4n) is 6.22. The molecule has 21 heteroatoms. The van der Waals surface area contributed by atoms with Crippen molar-refractivity contribution in [3.05, 3.63) is 156 Å². The molecule has 62 heavy (non-hydrogen) atoms. The molecule has 0 amide bonds. The Labute approximate surface area is 353 Å². The van der Waals surface area contributed by atoms with Gasteiger partial charge in [-0.25, -0.2) is 36.5 Å². The highest BCUT2D eigenvalue weighted by atomic mass is 35.5. The van der Waals surface area contributed by atoms with E-state index >= 15 is 0 Å². The van der Waals surface area contributed by atoms with Gasteiger partial charge in [0.15, 0.2) is 11.4 Å². The molecule has 4 N–H and O–H groups in total. The first-order valence-corrected chi connectivity index (χ1v) is 21.1. The molecule has 0 aliphatic heterocycles. The number of primary sulfonamides is 2. The number of hydrogen-bond donors (Lipinski definition) is 2. The molecule has 0 unspecified atom stereocenters. The van der Waals surface area contributed by atoms with Crippen LogP contribution in [-0.2, 0) is 32.4 Å². The normalized spacial score (nSPS) is 12.3. The van der Waals surface area contributed by atoms with Crippen molar-refractivity contribution in [2.45, 2.75) is 29.1 Å². The van der Waals surface area contributed by atoms with Crippen molar-refractivity contribution < 1.29 is 52.0 Å². The molecular formula is C41H29ClF6N6O6S2. The lowest BCUT2D eigenvalue weighted by atomic mass is 10.1. The van der Waals surface area contributed by atoms with Gasteiger partial charge >= 0.3 is 12.4 Å². The van der Waals surface area contributed by atoms with Crippen LogP contribution < -0.4 is 10.3 Å². The maximum absolute atomic E-state index is 13.4. The van der Waals surface area contributed by atoms with Gasteiger partial charge in [0.2, 0.25) is 20.0 Å². The van der Waals surface area contributed by atoms with Crippen molar-refractivity contribution in [2.75, 3.05) is 0 Å². The minimum Gasteiger partial charge on any atom is -0.464 e. The van der Waals surface area contributed by atoms with Crippen molar-refractivity contribution in [3.8, 4) is 56.5 Å². The van der Waals surface area contributed by atoms with Gasteiger partial charge in [0.25, 0.3) is 0 Å². The minimum atomic E-state index is -4.68. The van der Waals surface area contributed by atoms with Crippen molar-refractivity contribution in [1.29, 1.82) is 0 Å². The number of nitrogens with two attached hydrogens (primary N) is 2. The number of alkyl halides is 6. The Kier molecular flexibility index (Phi) is 11.6. The number of furan rings is 2. The molecule has 0 aliphatic rings.